The molecule has 0 spiro atoms. The molecule has 0 saturated heterocycles. The number of imidazole rings is 1. The van der Waals surface area contributed by atoms with Gasteiger partial charge < -0.3 is 26.9 Å². The molecule has 0 aromatic carbocycles. The van der Waals surface area contributed by atoms with E-state index in [9.17, 15) is 4.79 Å². The highest BCUT2D eigenvalue weighted by atomic mass is 16.1. The minimum absolute atomic E-state index is 0.0606. The van der Waals surface area contributed by atoms with Crippen LogP contribution in [-0.4, -0.2) is 27.4 Å². The monoisotopic (exact) mass is 440 g/mol. The summed E-state index contributed by atoms with van der Waals surface area (Å²) in [5, 5.41) is 15.2. The molecule has 0 aliphatic rings. The number of nitrogens with two attached hydrogens (primary N) is 2. The summed E-state index contributed by atoms with van der Waals surface area (Å²) >= 11 is 0. The third-order valence-electron chi connectivity index (χ3n) is 4.76. The third kappa shape index (κ3) is 9.73. The van der Waals surface area contributed by atoms with Crippen LogP contribution in [0.5, 0.6) is 0 Å². The molecular formula is C25H40N6O. The van der Waals surface area contributed by atoms with E-state index in [0.29, 0.717) is 22.7 Å². The van der Waals surface area contributed by atoms with Gasteiger partial charge in [0.2, 0.25) is 5.91 Å². The number of nitrogens with zero attached hydrogens (tertiary/aromatic N) is 2. The van der Waals surface area contributed by atoms with Gasteiger partial charge in [0.15, 0.2) is 0 Å². The first-order valence-electron chi connectivity index (χ1n) is 10.9. The molecule has 0 atom stereocenters. The van der Waals surface area contributed by atoms with Gasteiger partial charge in [0.05, 0.1) is 5.69 Å². The molecule has 1 aromatic heterocycles. The number of carbonyl (C=O) groups excluding carboxylic acids is 1. The Kier molecular flexibility index (Phi) is 13.2. The van der Waals surface area contributed by atoms with Gasteiger partial charge in [-0.1, -0.05) is 52.5 Å². The van der Waals surface area contributed by atoms with Crippen molar-refractivity contribution in [3.8, 4) is 0 Å². The first kappa shape index (κ1) is 28.8. The van der Waals surface area contributed by atoms with Crippen molar-refractivity contribution < 1.29 is 4.79 Å². The van der Waals surface area contributed by atoms with E-state index in [0.717, 1.165) is 17.5 Å². The van der Waals surface area contributed by atoms with Crippen LogP contribution in [0.4, 0.5) is 0 Å². The largest absolute Gasteiger partial charge is 0.398 e. The molecule has 0 saturated carbocycles. The summed E-state index contributed by atoms with van der Waals surface area (Å²) in [4.78, 5) is 15.7. The van der Waals surface area contributed by atoms with Crippen molar-refractivity contribution in [3.63, 3.8) is 0 Å². The van der Waals surface area contributed by atoms with Crippen LogP contribution in [0.1, 0.15) is 78.2 Å². The highest BCUT2D eigenvalue weighted by Gasteiger charge is 2.13. The van der Waals surface area contributed by atoms with Crippen molar-refractivity contribution in [2.45, 2.75) is 66.7 Å². The van der Waals surface area contributed by atoms with Crippen molar-refractivity contribution in [1.82, 2.24) is 9.55 Å². The topological polar surface area (TPSA) is 135 Å². The van der Waals surface area contributed by atoms with Crippen LogP contribution in [-0.2, 0) is 11.8 Å². The van der Waals surface area contributed by atoms with E-state index in [1.807, 2.05) is 24.7 Å². The number of aryl methyl sites for hydroxylation is 1. The van der Waals surface area contributed by atoms with Crippen LogP contribution in [0.2, 0.25) is 0 Å². The molecule has 7 heteroatoms. The van der Waals surface area contributed by atoms with Gasteiger partial charge in [-0.15, -0.1) is 0 Å². The van der Waals surface area contributed by atoms with Crippen molar-refractivity contribution in [2.75, 3.05) is 0 Å². The lowest BCUT2D eigenvalue weighted by Crippen LogP contribution is -2.14. The van der Waals surface area contributed by atoms with Gasteiger partial charge in [-0.05, 0) is 38.5 Å². The highest BCUT2D eigenvalue weighted by molar-refractivity contribution is 5.98. The Morgan fingerprint density at radius 1 is 1.12 bits per heavy atom. The van der Waals surface area contributed by atoms with Crippen LogP contribution in [0, 0.1) is 10.8 Å². The van der Waals surface area contributed by atoms with E-state index in [2.05, 4.69) is 25.4 Å². The standard InChI is InChI=1S/C18H24N6O.C7H16/c1-10(6-12(3)20)16-9-24(5)18(23-16)13(4)14(8-19)15(21)7-11(2)17(22)25;1-3-5-7-6-4-2/h6-9,19-20H,2,21H2,1,3-5H3,(H2,22,25);3-7H2,1-2H3/b10-6+,14-13+,15-7+,19-8?,20-12?;. The van der Waals surface area contributed by atoms with E-state index >= 15 is 0 Å². The molecule has 0 bridgehead atoms. The van der Waals surface area contributed by atoms with Crippen molar-refractivity contribution in [3.05, 3.63) is 53.3 Å². The van der Waals surface area contributed by atoms with E-state index in [4.69, 9.17) is 22.3 Å². The summed E-state index contributed by atoms with van der Waals surface area (Å²) in [7, 11) is 1.84. The molecule has 1 rings (SSSR count). The van der Waals surface area contributed by atoms with Crippen LogP contribution in [0.3, 0.4) is 0 Å². The van der Waals surface area contributed by atoms with Gasteiger partial charge in [-0.25, -0.2) is 4.98 Å². The molecule has 0 aliphatic carbocycles. The molecule has 1 aromatic rings. The maximum absolute atomic E-state index is 11.1. The van der Waals surface area contributed by atoms with Crippen LogP contribution in [0.25, 0.3) is 11.1 Å². The maximum atomic E-state index is 11.1. The van der Waals surface area contributed by atoms with Crippen LogP contribution in [0.15, 0.2) is 41.8 Å². The molecule has 0 unspecified atom stereocenters. The van der Waals surface area contributed by atoms with Crippen molar-refractivity contribution >= 4 is 29.0 Å². The van der Waals surface area contributed by atoms with E-state index in [1.165, 1.54) is 38.2 Å². The van der Waals surface area contributed by atoms with Crippen LogP contribution < -0.4 is 11.5 Å². The van der Waals surface area contributed by atoms with Crippen molar-refractivity contribution in [2.24, 2.45) is 18.5 Å². The Bertz CT molecular complexity index is 911. The summed E-state index contributed by atoms with van der Waals surface area (Å²) in [5.74, 6) is -0.0445. The number of rotatable bonds is 11. The number of hydrogen-bond acceptors (Lipinski definition) is 5. The molecule has 0 radical (unpaired) electrons. The fourth-order valence-corrected chi connectivity index (χ4v) is 2.95. The second kappa shape index (κ2) is 14.7. The smallest absolute Gasteiger partial charge is 0.248 e. The fraction of sp³-hybridized carbons (Fsp3) is 0.440. The number of hydrogen-bond donors (Lipinski definition) is 4. The zero-order valence-electron chi connectivity index (χ0n) is 20.5. The summed E-state index contributed by atoms with van der Waals surface area (Å²) in [5.41, 5.74) is 14.6. The molecule has 0 aliphatic heterocycles. The molecular weight excluding hydrogens is 400 g/mol. The Labute approximate surface area is 193 Å². The lowest BCUT2D eigenvalue weighted by Gasteiger charge is -2.09. The van der Waals surface area contributed by atoms with Gasteiger partial charge >= 0.3 is 0 Å². The fourth-order valence-electron chi connectivity index (χ4n) is 2.95. The first-order valence-corrected chi connectivity index (χ1v) is 10.9. The predicted octanol–water partition coefficient (Wildman–Crippen LogP) is 5.15. The van der Waals surface area contributed by atoms with Gasteiger partial charge in [0.25, 0.3) is 0 Å². The number of unbranched alkanes of at least 4 members (excludes halogenated alkanes) is 4. The molecule has 0 fully saturated rings. The normalized spacial score (nSPS) is 12.4. The first-order chi connectivity index (χ1) is 15.0. The van der Waals surface area contributed by atoms with Crippen molar-refractivity contribution in [1.29, 1.82) is 10.8 Å². The zero-order valence-corrected chi connectivity index (χ0v) is 20.5. The van der Waals surface area contributed by atoms with Gasteiger partial charge in [0.1, 0.15) is 5.82 Å². The predicted molar refractivity (Wildman–Crippen MR) is 137 cm³/mol. The lowest BCUT2D eigenvalue weighted by molar-refractivity contribution is -0.114. The number of aromatic nitrogens is 2. The number of carbonyl (C=O) groups is 1. The Morgan fingerprint density at radius 2 is 1.69 bits per heavy atom. The number of primary amides is 1. The van der Waals surface area contributed by atoms with Gasteiger partial charge in [0, 0.05) is 47.6 Å². The molecule has 6 N–H and O–H groups in total. The highest BCUT2D eigenvalue weighted by Crippen LogP contribution is 2.22. The second-order valence-electron chi connectivity index (χ2n) is 7.80. The van der Waals surface area contributed by atoms with Gasteiger partial charge in [-0.3, -0.25) is 4.79 Å². The average Bonchev–Trinajstić information content (AvgIpc) is 3.10. The Morgan fingerprint density at radius 3 is 2.12 bits per heavy atom. The van der Waals surface area contributed by atoms with Crippen LogP contribution >= 0.6 is 0 Å². The molecule has 176 valence electrons. The summed E-state index contributed by atoms with van der Waals surface area (Å²) < 4.78 is 1.82. The third-order valence-corrected chi connectivity index (χ3v) is 4.76. The molecule has 1 heterocycles. The quantitative estimate of drug-likeness (QED) is 0.164. The van der Waals surface area contributed by atoms with Gasteiger partial charge in [-0.2, -0.15) is 0 Å². The molecule has 7 nitrogen and oxygen atoms in total. The number of allylic oxidation sites excluding steroid dienone is 4. The zero-order chi connectivity index (χ0) is 24.8. The molecule has 32 heavy (non-hydrogen) atoms. The van der Waals surface area contributed by atoms with E-state index < -0.39 is 5.91 Å². The minimum atomic E-state index is -0.674. The number of amides is 1. The molecule has 1 amide bonds. The summed E-state index contributed by atoms with van der Waals surface area (Å²) in [6.45, 7) is 13.4. The second-order valence-corrected chi connectivity index (χ2v) is 7.80. The van der Waals surface area contributed by atoms with E-state index in [1.54, 1.807) is 19.9 Å². The Balaban J connectivity index is 0.00000118. The maximum Gasteiger partial charge on any atom is 0.248 e. The Hall–Kier alpha value is -3.22. The SMILES string of the molecule is C=C(/C=C(N)\C(C=N)=C(/C)c1nc(/C(C)=C/C(C)=N)cn1C)C(N)=O.CCCCCCC. The minimum Gasteiger partial charge on any atom is -0.398 e. The lowest BCUT2D eigenvalue weighted by atomic mass is 10.0. The summed E-state index contributed by atoms with van der Waals surface area (Å²) in [6, 6.07) is 0. The van der Waals surface area contributed by atoms with E-state index in [-0.39, 0.29) is 11.3 Å². The number of nitrogens with one attached hydrogen (secondary N) is 2. The average molecular weight is 441 g/mol. The summed E-state index contributed by atoms with van der Waals surface area (Å²) in [6.07, 6.45) is 13.0.